The summed E-state index contributed by atoms with van der Waals surface area (Å²) in [6.45, 7) is 5.55. The zero-order valence-corrected chi connectivity index (χ0v) is 10.1. The largest absolute Gasteiger partial charge is 0.394 e. The van der Waals surface area contributed by atoms with Gasteiger partial charge in [-0.15, -0.1) is 0 Å². The van der Waals surface area contributed by atoms with Crippen LogP contribution in [-0.4, -0.2) is 42.8 Å². The summed E-state index contributed by atoms with van der Waals surface area (Å²) in [7, 11) is 0. The predicted octanol–water partition coefficient (Wildman–Crippen LogP) is 1.07. The minimum absolute atomic E-state index is 0.0172. The van der Waals surface area contributed by atoms with E-state index in [4.69, 9.17) is 0 Å². The van der Waals surface area contributed by atoms with Gasteiger partial charge < -0.3 is 10.4 Å². The zero-order valence-electron chi connectivity index (χ0n) is 10.1. The van der Waals surface area contributed by atoms with Crippen LogP contribution in [0.4, 0.5) is 4.39 Å². The highest BCUT2D eigenvalue weighted by molar-refractivity contribution is 5.26. The molecule has 1 heterocycles. The first-order chi connectivity index (χ1) is 8.22. The fourth-order valence-electron chi connectivity index (χ4n) is 2.30. The van der Waals surface area contributed by atoms with Gasteiger partial charge >= 0.3 is 0 Å². The fourth-order valence-corrected chi connectivity index (χ4v) is 2.30. The number of benzene rings is 1. The first-order valence-electron chi connectivity index (χ1n) is 6.04. The molecule has 0 aromatic heterocycles. The minimum atomic E-state index is -0.189. The Morgan fingerprint density at radius 2 is 2.12 bits per heavy atom. The van der Waals surface area contributed by atoms with E-state index in [9.17, 15) is 9.50 Å². The molecular weight excluding hydrogens is 219 g/mol. The van der Waals surface area contributed by atoms with Gasteiger partial charge in [0.15, 0.2) is 0 Å². The van der Waals surface area contributed by atoms with Gasteiger partial charge in [-0.25, -0.2) is 4.39 Å². The van der Waals surface area contributed by atoms with Crippen molar-refractivity contribution < 1.29 is 9.50 Å². The molecule has 1 aliphatic rings. The van der Waals surface area contributed by atoms with Gasteiger partial charge in [-0.2, -0.15) is 0 Å². The molecule has 0 bridgehead atoms. The van der Waals surface area contributed by atoms with Crippen molar-refractivity contribution in [2.45, 2.75) is 13.0 Å². The number of aliphatic hydroxyl groups is 1. The van der Waals surface area contributed by atoms with E-state index in [2.05, 4.69) is 10.2 Å². The lowest BCUT2D eigenvalue weighted by Crippen LogP contribution is -2.46. The van der Waals surface area contributed by atoms with Crippen LogP contribution in [-0.2, 0) is 0 Å². The van der Waals surface area contributed by atoms with Crippen LogP contribution in [0.15, 0.2) is 18.2 Å². The normalized spacial score (nSPS) is 19.2. The molecule has 1 aliphatic heterocycles. The van der Waals surface area contributed by atoms with Gasteiger partial charge in [0.25, 0.3) is 0 Å². The lowest BCUT2D eigenvalue weighted by molar-refractivity contribution is 0.111. The Bertz CT molecular complexity index is 378. The van der Waals surface area contributed by atoms with E-state index in [0.29, 0.717) is 5.56 Å². The first-order valence-corrected chi connectivity index (χ1v) is 6.04. The van der Waals surface area contributed by atoms with E-state index in [0.717, 1.165) is 31.7 Å². The Kier molecular flexibility index (Phi) is 4.10. The number of aliphatic hydroxyl groups excluding tert-OH is 1. The summed E-state index contributed by atoms with van der Waals surface area (Å²) in [5, 5.41) is 12.8. The Morgan fingerprint density at radius 1 is 1.41 bits per heavy atom. The highest BCUT2D eigenvalue weighted by atomic mass is 19.1. The van der Waals surface area contributed by atoms with Crippen LogP contribution in [0.5, 0.6) is 0 Å². The Morgan fingerprint density at radius 3 is 2.71 bits per heavy atom. The first kappa shape index (κ1) is 12.5. The van der Waals surface area contributed by atoms with Crippen molar-refractivity contribution >= 4 is 0 Å². The maximum absolute atomic E-state index is 13.2. The van der Waals surface area contributed by atoms with Gasteiger partial charge in [0.05, 0.1) is 12.6 Å². The van der Waals surface area contributed by atoms with Gasteiger partial charge in [0.2, 0.25) is 0 Å². The van der Waals surface area contributed by atoms with E-state index in [1.165, 1.54) is 6.07 Å². The van der Waals surface area contributed by atoms with Crippen LogP contribution in [0, 0.1) is 12.7 Å². The molecule has 0 unspecified atom stereocenters. The van der Waals surface area contributed by atoms with E-state index in [1.807, 2.05) is 6.07 Å². The lowest BCUT2D eigenvalue weighted by Gasteiger charge is -2.34. The third kappa shape index (κ3) is 2.83. The summed E-state index contributed by atoms with van der Waals surface area (Å²) in [4.78, 5) is 2.24. The van der Waals surface area contributed by atoms with Crippen molar-refractivity contribution in [2.24, 2.45) is 0 Å². The highest BCUT2D eigenvalue weighted by Gasteiger charge is 2.21. The number of piperazine rings is 1. The molecule has 1 fully saturated rings. The molecule has 3 nitrogen and oxygen atoms in total. The third-order valence-electron chi connectivity index (χ3n) is 3.33. The molecule has 1 saturated heterocycles. The number of nitrogens with zero attached hydrogens (tertiary/aromatic N) is 1. The Hall–Kier alpha value is -0.970. The van der Waals surface area contributed by atoms with Crippen LogP contribution >= 0.6 is 0 Å². The van der Waals surface area contributed by atoms with Crippen LogP contribution in [0.2, 0.25) is 0 Å². The number of rotatable bonds is 3. The topological polar surface area (TPSA) is 35.5 Å². The van der Waals surface area contributed by atoms with Crippen molar-refractivity contribution in [1.82, 2.24) is 10.2 Å². The van der Waals surface area contributed by atoms with Gasteiger partial charge in [-0.3, -0.25) is 4.90 Å². The average Bonchev–Trinajstić information content (AvgIpc) is 2.36. The number of hydrogen-bond acceptors (Lipinski definition) is 3. The molecule has 17 heavy (non-hydrogen) atoms. The van der Waals surface area contributed by atoms with Crippen LogP contribution in [0.1, 0.15) is 17.2 Å². The van der Waals surface area contributed by atoms with Gasteiger partial charge in [-0.1, -0.05) is 12.1 Å². The molecule has 1 atom stereocenters. The second-order valence-electron chi connectivity index (χ2n) is 4.49. The maximum atomic E-state index is 13.2. The predicted molar refractivity (Wildman–Crippen MR) is 65.4 cm³/mol. The van der Waals surface area contributed by atoms with Gasteiger partial charge in [0, 0.05) is 26.2 Å². The average molecular weight is 238 g/mol. The number of hydrogen-bond donors (Lipinski definition) is 2. The van der Waals surface area contributed by atoms with Crippen molar-refractivity contribution in [3.05, 3.63) is 35.1 Å². The third-order valence-corrected chi connectivity index (χ3v) is 3.33. The van der Waals surface area contributed by atoms with Crippen molar-refractivity contribution in [3.63, 3.8) is 0 Å². The Labute approximate surface area is 101 Å². The molecular formula is C13H19FN2O. The summed E-state index contributed by atoms with van der Waals surface area (Å²) in [6.07, 6.45) is 0. The number of aryl methyl sites for hydroxylation is 1. The number of halogens is 1. The summed E-state index contributed by atoms with van der Waals surface area (Å²) >= 11 is 0. The molecule has 0 saturated carbocycles. The van der Waals surface area contributed by atoms with Crippen LogP contribution in [0.3, 0.4) is 0 Å². The lowest BCUT2D eigenvalue weighted by atomic mass is 10.0. The molecule has 1 aromatic carbocycles. The molecule has 0 radical (unpaired) electrons. The molecule has 0 amide bonds. The van der Waals surface area contributed by atoms with Crippen molar-refractivity contribution in [3.8, 4) is 0 Å². The summed E-state index contributed by atoms with van der Waals surface area (Å²) in [6, 6.07) is 5.07. The van der Waals surface area contributed by atoms with Crippen molar-refractivity contribution in [1.29, 1.82) is 0 Å². The maximum Gasteiger partial charge on any atom is 0.126 e. The molecule has 0 aliphatic carbocycles. The summed E-state index contributed by atoms with van der Waals surface area (Å²) in [5.74, 6) is -0.189. The molecule has 4 heteroatoms. The molecule has 2 N–H and O–H groups in total. The van der Waals surface area contributed by atoms with Gasteiger partial charge in [0.1, 0.15) is 5.82 Å². The Balaban J connectivity index is 2.18. The highest BCUT2D eigenvalue weighted by Crippen LogP contribution is 2.22. The van der Waals surface area contributed by atoms with E-state index >= 15 is 0 Å². The van der Waals surface area contributed by atoms with Gasteiger partial charge in [-0.05, 0) is 24.1 Å². The molecule has 1 aromatic rings. The molecule has 2 rings (SSSR count). The minimum Gasteiger partial charge on any atom is -0.394 e. The zero-order chi connectivity index (χ0) is 12.3. The standard InChI is InChI=1S/C13H19FN2O/c1-10-8-11(2-3-12(10)14)13(9-17)16-6-4-15-5-7-16/h2-3,8,13,15,17H,4-7,9H2,1H3/t13-/m0/s1. The van der Waals surface area contributed by atoms with Crippen LogP contribution < -0.4 is 5.32 Å². The quantitative estimate of drug-likeness (QED) is 0.827. The van der Waals surface area contributed by atoms with E-state index in [-0.39, 0.29) is 18.5 Å². The molecule has 0 spiro atoms. The summed E-state index contributed by atoms with van der Waals surface area (Å²) in [5.41, 5.74) is 1.63. The molecule has 94 valence electrons. The van der Waals surface area contributed by atoms with E-state index in [1.54, 1.807) is 13.0 Å². The van der Waals surface area contributed by atoms with Crippen LogP contribution in [0.25, 0.3) is 0 Å². The van der Waals surface area contributed by atoms with Crippen molar-refractivity contribution in [2.75, 3.05) is 32.8 Å². The fraction of sp³-hybridized carbons (Fsp3) is 0.538. The monoisotopic (exact) mass is 238 g/mol. The SMILES string of the molecule is Cc1cc([C@H](CO)N2CCNCC2)ccc1F. The van der Waals surface area contributed by atoms with E-state index < -0.39 is 0 Å². The second kappa shape index (κ2) is 5.58. The second-order valence-corrected chi connectivity index (χ2v) is 4.49. The summed E-state index contributed by atoms with van der Waals surface area (Å²) < 4.78 is 13.2. The smallest absolute Gasteiger partial charge is 0.126 e. The number of nitrogens with one attached hydrogen (secondary N) is 1.